The molecule has 14 heavy (non-hydrogen) atoms. The minimum atomic E-state index is 0.567. The second-order valence-corrected chi connectivity index (χ2v) is 2.66. The fraction of sp³-hybridized carbons (Fsp3) is 0. The zero-order valence-corrected chi connectivity index (χ0v) is 7.25. The van der Waals surface area contributed by atoms with Gasteiger partial charge in [-0.2, -0.15) is 10.4 Å². The number of nitrogens with zero attached hydrogens (tertiary/aromatic N) is 4. The van der Waals surface area contributed by atoms with E-state index in [0.29, 0.717) is 11.4 Å². The summed E-state index contributed by atoms with van der Waals surface area (Å²) in [5.41, 5.74) is 1.48. The van der Waals surface area contributed by atoms with Crippen LogP contribution in [0.4, 0.5) is 0 Å². The summed E-state index contributed by atoms with van der Waals surface area (Å²) in [7, 11) is 0. The molecule has 2 rings (SSSR count). The molecule has 0 fully saturated rings. The molecular formula is C10H6N4. The third kappa shape index (κ3) is 1.57. The first kappa shape index (κ1) is 8.32. The molecule has 4 heteroatoms. The highest BCUT2D eigenvalue weighted by Crippen LogP contribution is 2.13. The van der Waals surface area contributed by atoms with Crippen molar-refractivity contribution in [1.29, 1.82) is 5.26 Å². The Morgan fingerprint density at radius 2 is 1.86 bits per heavy atom. The Kier molecular flexibility index (Phi) is 2.15. The molecule has 0 aliphatic rings. The van der Waals surface area contributed by atoms with Crippen molar-refractivity contribution in [2.24, 2.45) is 0 Å². The van der Waals surface area contributed by atoms with Gasteiger partial charge < -0.3 is 0 Å². The van der Waals surface area contributed by atoms with E-state index in [1.165, 1.54) is 6.20 Å². The summed E-state index contributed by atoms with van der Waals surface area (Å²) in [6, 6.07) is 9.11. The first-order chi connectivity index (χ1) is 6.90. The van der Waals surface area contributed by atoms with Crippen LogP contribution in [0.1, 0.15) is 5.56 Å². The first-order valence-electron chi connectivity index (χ1n) is 4.04. The Hall–Kier alpha value is -2.28. The fourth-order valence-electron chi connectivity index (χ4n) is 1.07. The molecule has 0 radical (unpaired) electrons. The highest BCUT2D eigenvalue weighted by molar-refractivity contribution is 5.55. The third-order valence-electron chi connectivity index (χ3n) is 1.75. The summed E-state index contributed by atoms with van der Waals surface area (Å²) >= 11 is 0. The molecule has 0 atom stereocenters. The van der Waals surface area contributed by atoms with Crippen LogP contribution in [-0.2, 0) is 0 Å². The van der Waals surface area contributed by atoms with Crippen LogP contribution in [-0.4, -0.2) is 15.2 Å². The van der Waals surface area contributed by atoms with Crippen LogP contribution in [0.2, 0.25) is 0 Å². The monoisotopic (exact) mass is 182 g/mol. The van der Waals surface area contributed by atoms with Crippen molar-refractivity contribution >= 4 is 0 Å². The average molecular weight is 182 g/mol. The van der Waals surface area contributed by atoms with Gasteiger partial charge in [-0.15, -0.1) is 5.10 Å². The molecule has 0 saturated heterocycles. The van der Waals surface area contributed by atoms with E-state index in [-0.39, 0.29) is 0 Å². The predicted molar refractivity (Wildman–Crippen MR) is 50.0 cm³/mol. The Morgan fingerprint density at radius 3 is 2.43 bits per heavy atom. The summed E-state index contributed by atoms with van der Waals surface area (Å²) in [4.78, 5) is 4.05. The molecule has 4 nitrogen and oxygen atoms in total. The Labute approximate surface area is 80.9 Å². The van der Waals surface area contributed by atoms with Crippen LogP contribution in [0.25, 0.3) is 11.4 Å². The van der Waals surface area contributed by atoms with Gasteiger partial charge >= 0.3 is 0 Å². The summed E-state index contributed by atoms with van der Waals surface area (Å²) in [5, 5.41) is 16.2. The third-order valence-corrected chi connectivity index (χ3v) is 1.75. The Balaban J connectivity index is 2.40. The van der Waals surface area contributed by atoms with Gasteiger partial charge in [-0.05, 0) is 24.3 Å². The minimum Gasteiger partial charge on any atom is -0.233 e. The van der Waals surface area contributed by atoms with Crippen molar-refractivity contribution in [3.63, 3.8) is 0 Å². The maximum atomic E-state index is 8.61. The van der Waals surface area contributed by atoms with Gasteiger partial charge in [0.05, 0.1) is 17.8 Å². The fourth-order valence-corrected chi connectivity index (χ4v) is 1.07. The first-order valence-corrected chi connectivity index (χ1v) is 4.04. The van der Waals surface area contributed by atoms with Crippen molar-refractivity contribution in [2.75, 3.05) is 0 Å². The van der Waals surface area contributed by atoms with Crippen molar-refractivity contribution in [3.05, 3.63) is 42.2 Å². The molecule has 0 bridgehead atoms. The molecule has 66 valence electrons. The lowest BCUT2D eigenvalue weighted by Gasteiger charge is -1.96. The SMILES string of the molecule is N#Cc1ccc(-c2nccnn2)cc1. The molecule has 0 saturated carbocycles. The molecule has 2 aromatic rings. The van der Waals surface area contributed by atoms with Gasteiger partial charge in [0.2, 0.25) is 0 Å². The second-order valence-electron chi connectivity index (χ2n) is 2.66. The number of hydrogen-bond acceptors (Lipinski definition) is 4. The number of benzene rings is 1. The van der Waals surface area contributed by atoms with E-state index in [2.05, 4.69) is 15.2 Å². The highest BCUT2D eigenvalue weighted by Gasteiger charge is 1.99. The maximum Gasteiger partial charge on any atom is 0.181 e. The molecule has 0 unspecified atom stereocenters. The lowest BCUT2D eigenvalue weighted by Crippen LogP contribution is -1.89. The van der Waals surface area contributed by atoms with Gasteiger partial charge in [0, 0.05) is 11.8 Å². The molecule has 0 spiro atoms. The van der Waals surface area contributed by atoms with E-state index in [1.807, 2.05) is 6.07 Å². The van der Waals surface area contributed by atoms with Crippen LogP contribution in [0, 0.1) is 11.3 Å². The van der Waals surface area contributed by atoms with Gasteiger partial charge in [-0.3, -0.25) is 0 Å². The van der Waals surface area contributed by atoms with E-state index in [9.17, 15) is 0 Å². The van der Waals surface area contributed by atoms with E-state index >= 15 is 0 Å². The smallest absolute Gasteiger partial charge is 0.181 e. The van der Waals surface area contributed by atoms with Crippen LogP contribution >= 0.6 is 0 Å². The van der Waals surface area contributed by atoms with Crippen LogP contribution in [0.3, 0.4) is 0 Å². The van der Waals surface area contributed by atoms with Crippen molar-refractivity contribution in [2.45, 2.75) is 0 Å². The lowest BCUT2D eigenvalue weighted by molar-refractivity contribution is 0.980. The van der Waals surface area contributed by atoms with E-state index < -0.39 is 0 Å². The quantitative estimate of drug-likeness (QED) is 0.668. The molecule has 1 heterocycles. The normalized spacial score (nSPS) is 9.36. The molecule has 0 aliphatic carbocycles. The second kappa shape index (κ2) is 3.62. The Morgan fingerprint density at radius 1 is 1.07 bits per heavy atom. The molecule has 0 amide bonds. The number of nitriles is 1. The number of aromatic nitrogens is 3. The van der Waals surface area contributed by atoms with E-state index in [1.54, 1.807) is 30.5 Å². The predicted octanol–water partition coefficient (Wildman–Crippen LogP) is 1.41. The minimum absolute atomic E-state index is 0.567. The lowest BCUT2D eigenvalue weighted by atomic mass is 10.1. The molecule has 0 N–H and O–H groups in total. The van der Waals surface area contributed by atoms with Crippen molar-refractivity contribution in [1.82, 2.24) is 15.2 Å². The zero-order chi connectivity index (χ0) is 9.80. The topological polar surface area (TPSA) is 62.5 Å². The summed E-state index contributed by atoms with van der Waals surface area (Å²) in [6.45, 7) is 0. The van der Waals surface area contributed by atoms with Crippen LogP contribution < -0.4 is 0 Å². The van der Waals surface area contributed by atoms with E-state index in [0.717, 1.165) is 5.56 Å². The maximum absolute atomic E-state index is 8.61. The molecule has 1 aromatic heterocycles. The molecular weight excluding hydrogens is 176 g/mol. The number of hydrogen-bond donors (Lipinski definition) is 0. The zero-order valence-electron chi connectivity index (χ0n) is 7.25. The Bertz CT molecular complexity index is 456. The molecule has 1 aromatic carbocycles. The van der Waals surface area contributed by atoms with Gasteiger partial charge in [0.15, 0.2) is 5.82 Å². The van der Waals surface area contributed by atoms with Gasteiger partial charge in [-0.25, -0.2) is 4.98 Å². The van der Waals surface area contributed by atoms with Crippen LogP contribution in [0.5, 0.6) is 0 Å². The van der Waals surface area contributed by atoms with E-state index in [4.69, 9.17) is 5.26 Å². The summed E-state index contributed by atoms with van der Waals surface area (Å²) in [5.74, 6) is 0.567. The van der Waals surface area contributed by atoms with Gasteiger partial charge in [-0.1, -0.05) is 0 Å². The standard InChI is InChI=1S/C10H6N4/c11-7-8-1-3-9(4-2-8)10-12-5-6-13-14-10/h1-6H. The largest absolute Gasteiger partial charge is 0.233 e. The van der Waals surface area contributed by atoms with Crippen molar-refractivity contribution < 1.29 is 0 Å². The summed E-state index contributed by atoms with van der Waals surface area (Å²) in [6.07, 6.45) is 3.10. The molecule has 0 aliphatic heterocycles. The average Bonchev–Trinajstić information content (AvgIpc) is 2.30. The van der Waals surface area contributed by atoms with Crippen molar-refractivity contribution in [3.8, 4) is 17.5 Å². The van der Waals surface area contributed by atoms with Gasteiger partial charge in [0.1, 0.15) is 0 Å². The van der Waals surface area contributed by atoms with Crippen LogP contribution in [0.15, 0.2) is 36.7 Å². The number of rotatable bonds is 1. The van der Waals surface area contributed by atoms with Gasteiger partial charge in [0.25, 0.3) is 0 Å². The summed E-state index contributed by atoms with van der Waals surface area (Å²) < 4.78 is 0. The highest BCUT2D eigenvalue weighted by atomic mass is 15.1.